The number of rotatable bonds is 3. The topological polar surface area (TPSA) is 68.5 Å². The van der Waals surface area contributed by atoms with Gasteiger partial charge in [-0.25, -0.2) is 0 Å². The SMILES string of the molecule is Cc1nnc([C@H]2COCCN2C(=O)[C@@H](C)c2ccc(Cl)s2)o1. The third-order valence-electron chi connectivity index (χ3n) is 3.63. The molecule has 0 bridgehead atoms. The summed E-state index contributed by atoms with van der Waals surface area (Å²) in [6.07, 6.45) is 0. The summed E-state index contributed by atoms with van der Waals surface area (Å²) >= 11 is 7.39. The van der Waals surface area contributed by atoms with Crippen LogP contribution in [0.4, 0.5) is 0 Å². The molecule has 1 aliphatic heterocycles. The molecular weight excluding hydrogens is 326 g/mol. The van der Waals surface area contributed by atoms with Crippen molar-refractivity contribution in [1.29, 1.82) is 0 Å². The molecule has 1 saturated heterocycles. The number of nitrogens with zero attached hydrogens (tertiary/aromatic N) is 3. The Balaban J connectivity index is 1.82. The number of carbonyl (C=O) groups is 1. The Morgan fingerprint density at radius 1 is 1.50 bits per heavy atom. The Hall–Kier alpha value is -1.44. The zero-order valence-electron chi connectivity index (χ0n) is 12.3. The van der Waals surface area contributed by atoms with Crippen molar-refractivity contribution < 1.29 is 13.9 Å². The number of aromatic nitrogens is 2. The summed E-state index contributed by atoms with van der Waals surface area (Å²) in [5, 5.41) is 7.87. The fraction of sp³-hybridized carbons (Fsp3) is 0.500. The predicted octanol–water partition coefficient (Wildman–Crippen LogP) is 2.80. The molecule has 8 heteroatoms. The number of morpholine rings is 1. The average molecular weight is 342 g/mol. The Kier molecular flexibility index (Phi) is 4.46. The van der Waals surface area contributed by atoms with Crippen molar-refractivity contribution in [1.82, 2.24) is 15.1 Å². The number of amides is 1. The zero-order valence-corrected chi connectivity index (χ0v) is 13.9. The molecule has 0 unspecified atom stereocenters. The number of hydrogen-bond acceptors (Lipinski definition) is 6. The molecule has 0 aromatic carbocycles. The highest BCUT2D eigenvalue weighted by atomic mass is 35.5. The van der Waals surface area contributed by atoms with E-state index in [4.69, 9.17) is 20.8 Å². The predicted molar refractivity (Wildman–Crippen MR) is 82.1 cm³/mol. The van der Waals surface area contributed by atoms with Crippen LogP contribution in [0.1, 0.15) is 35.5 Å². The van der Waals surface area contributed by atoms with E-state index in [1.807, 2.05) is 19.1 Å². The number of thiophene rings is 1. The highest BCUT2D eigenvalue weighted by Crippen LogP contribution is 2.32. The average Bonchev–Trinajstić information content (AvgIpc) is 3.14. The second-order valence-corrected chi connectivity index (χ2v) is 6.89. The van der Waals surface area contributed by atoms with Gasteiger partial charge in [0.15, 0.2) is 0 Å². The van der Waals surface area contributed by atoms with E-state index in [9.17, 15) is 4.79 Å². The van der Waals surface area contributed by atoms with Gasteiger partial charge >= 0.3 is 0 Å². The molecule has 3 rings (SSSR count). The van der Waals surface area contributed by atoms with Gasteiger partial charge in [-0.3, -0.25) is 4.79 Å². The van der Waals surface area contributed by atoms with Crippen LogP contribution in [0, 0.1) is 6.92 Å². The first-order chi connectivity index (χ1) is 10.6. The van der Waals surface area contributed by atoms with E-state index in [-0.39, 0.29) is 17.9 Å². The first-order valence-electron chi connectivity index (χ1n) is 6.99. The number of hydrogen-bond donors (Lipinski definition) is 0. The maximum Gasteiger partial charge on any atom is 0.241 e. The normalized spacial score (nSPS) is 20.1. The maximum absolute atomic E-state index is 12.8. The Morgan fingerprint density at radius 3 is 2.95 bits per heavy atom. The minimum atomic E-state index is -0.333. The molecular formula is C14H16ClN3O3S. The minimum Gasteiger partial charge on any atom is -0.423 e. The number of carbonyl (C=O) groups excluding carboxylic acids is 1. The van der Waals surface area contributed by atoms with Crippen LogP contribution in [-0.2, 0) is 9.53 Å². The van der Waals surface area contributed by atoms with Crippen molar-refractivity contribution in [2.75, 3.05) is 19.8 Å². The summed E-state index contributed by atoms with van der Waals surface area (Å²) in [5.41, 5.74) is 0. The van der Waals surface area contributed by atoms with E-state index < -0.39 is 0 Å². The van der Waals surface area contributed by atoms with E-state index in [2.05, 4.69) is 10.2 Å². The van der Waals surface area contributed by atoms with Crippen LogP contribution in [0.5, 0.6) is 0 Å². The summed E-state index contributed by atoms with van der Waals surface area (Å²) in [4.78, 5) is 15.5. The molecule has 6 nitrogen and oxygen atoms in total. The Bertz CT molecular complexity index is 672. The van der Waals surface area contributed by atoms with Gasteiger partial charge in [-0.15, -0.1) is 21.5 Å². The second-order valence-electron chi connectivity index (χ2n) is 5.15. The van der Waals surface area contributed by atoms with Crippen LogP contribution < -0.4 is 0 Å². The maximum atomic E-state index is 12.8. The lowest BCUT2D eigenvalue weighted by molar-refractivity contribution is -0.142. The molecule has 3 heterocycles. The largest absolute Gasteiger partial charge is 0.423 e. The lowest BCUT2D eigenvalue weighted by atomic mass is 10.1. The van der Waals surface area contributed by atoms with E-state index >= 15 is 0 Å². The summed E-state index contributed by atoms with van der Waals surface area (Å²) in [6.45, 7) is 4.99. The van der Waals surface area contributed by atoms with E-state index in [0.717, 1.165) is 4.88 Å². The lowest BCUT2D eigenvalue weighted by Crippen LogP contribution is -2.45. The summed E-state index contributed by atoms with van der Waals surface area (Å²) < 4.78 is 11.6. The van der Waals surface area contributed by atoms with Crippen molar-refractivity contribution >= 4 is 28.8 Å². The van der Waals surface area contributed by atoms with Crippen LogP contribution in [0.25, 0.3) is 0 Å². The molecule has 118 valence electrons. The monoisotopic (exact) mass is 341 g/mol. The van der Waals surface area contributed by atoms with E-state index in [1.165, 1.54) is 11.3 Å². The van der Waals surface area contributed by atoms with Crippen molar-refractivity contribution in [3.05, 3.63) is 33.1 Å². The molecule has 1 fully saturated rings. The van der Waals surface area contributed by atoms with Gasteiger partial charge in [0.1, 0.15) is 6.04 Å². The molecule has 0 spiro atoms. The smallest absolute Gasteiger partial charge is 0.241 e. The van der Waals surface area contributed by atoms with E-state index in [0.29, 0.717) is 35.9 Å². The highest BCUT2D eigenvalue weighted by Gasteiger charge is 2.35. The summed E-state index contributed by atoms with van der Waals surface area (Å²) in [6, 6.07) is 3.37. The Morgan fingerprint density at radius 2 is 2.32 bits per heavy atom. The van der Waals surface area contributed by atoms with Gasteiger partial charge in [-0.2, -0.15) is 0 Å². The molecule has 1 aliphatic rings. The highest BCUT2D eigenvalue weighted by molar-refractivity contribution is 7.16. The quantitative estimate of drug-likeness (QED) is 0.858. The molecule has 0 N–H and O–H groups in total. The van der Waals surface area contributed by atoms with Crippen molar-refractivity contribution in [3.63, 3.8) is 0 Å². The number of aryl methyl sites for hydroxylation is 1. The fourth-order valence-electron chi connectivity index (χ4n) is 2.45. The second kappa shape index (κ2) is 6.36. The van der Waals surface area contributed by atoms with Gasteiger partial charge in [-0.05, 0) is 19.1 Å². The zero-order chi connectivity index (χ0) is 15.7. The first kappa shape index (κ1) is 15.5. The van der Waals surface area contributed by atoms with Gasteiger partial charge in [0.2, 0.25) is 17.7 Å². The number of halogens is 1. The van der Waals surface area contributed by atoms with Gasteiger partial charge in [0.05, 0.1) is 23.5 Å². The molecule has 2 aromatic heterocycles. The molecule has 22 heavy (non-hydrogen) atoms. The molecule has 2 aromatic rings. The van der Waals surface area contributed by atoms with Gasteiger partial charge < -0.3 is 14.1 Å². The lowest BCUT2D eigenvalue weighted by Gasteiger charge is -2.35. The third-order valence-corrected chi connectivity index (χ3v) is 5.04. The summed E-state index contributed by atoms with van der Waals surface area (Å²) in [7, 11) is 0. The van der Waals surface area contributed by atoms with E-state index in [1.54, 1.807) is 11.8 Å². The summed E-state index contributed by atoms with van der Waals surface area (Å²) in [5.74, 6) is 0.651. The Labute approximate surface area is 137 Å². The number of ether oxygens (including phenoxy) is 1. The third kappa shape index (κ3) is 3.02. The minimum absolute atomic E-state index is 0.0164. The molecule has 0 aliphatic carbocycles. The molecule has 0 saturated carbocycles. The molecule has 1 amide bonds. The fourth-order valence-corrected chi connectivity index (χ4v) is 3.56. The van der Waals surface area contributed by atoms with Crippen LogP contribution in [0.3, 0.4) is 0 Å². The standard InChI is InChI=1S/C14H16ClN3O3S/c1-8(11-3-4-12(15)22-11)14(19)18-5-6-20-7-10(18)13-17-16-9(2)21-13/h3-4,8,10H,5-7H2,1-2H3/t8-,10+/m0/s1. The first-order valence-corrected chi connectivity index (χ1v) is 8.19. The van der Waals surface area contributed by atoms with Gasteiger partial charge in [0.25, 0.3) is 0 Å². The van der Waals surface area contributed by atoms with Gasteiger partial charge in [0, 0.05) is 18.3 Å². The van der Waals surface area contributed by atoms with Crippen LogP contribution >= 0.6 is 22.9 Å². The van der Waals surface area contributed by atoms with Gasteiger partial charge in [-0.1, -0.05) is 11.6 Å². The van der Waals surface area contributed by atoms with Crippen molar-refractivity contribution in [3.8, 4) is 0 Å². The van der Waals surface area contributed by atoms with Crippen molar-refractivity contribution in [2.45, 2.75) is 25.8 Å². The van der Waals surface area contributed by atoms with Crippen LogP contribution in [0.15, 0.2) is 16.5 Å². The van der Waals surface area contributed by atoms with Crippen LogP contribution in [-0.4, -0.2) is 40.8 Å². The molecule has 0 radical (unpaired) electrons. The molecule has 2 atom stereocenters. The van der Waals surface area contributed by atoms with Crippen molar-refractivity contribution in [2.24, 2.45) is 0 Å². The van der Waals surface area contributed by atoms with Crippen LogP contribution in [0.2, 0.25) is 4.34 Å².